The average Bonchev–Trinajstić information content (AvgIpc) is 3.20. The molecular formula is C22H20N8O2. The zero-order chi connectivity index (χ0) is 21.7. The van der Waals surface area contributed by atoms with Gasteiger partial charge in [-0.05, 0) is 24.5 Å². The highest BCUT2D eigenvalue weighted by Gasteiger charge is 2.28. The zero-order valence-electron chi connectivity index (χ0n) is 17.1. The maximum atomic E-state index is 11.9. The summed E-state index contributed by atoms with van der Waals surface area (Å²) in [4.78, 5) is 34.3. The van der Waals surface area contributed by atoms with Crippen LogP contribution in [0.4, 0.5) is 16.6 Å². The molecule has 10 heteroatoms. The van der Waals surface area contributed by atoms with Crippen molar-refractivity contribution in [1.82, 2.24) is 34.8 Å². The van der Waals surface area contributed by atoms with Crippen molar-refractivity contribution in [1.29, 1.82) is 0 Å². The summed E-state index contributed by atoms with van der Waals surface area (Å²) in [6, 6.07) is 11.2. The molecule has 2 aliphatic rings. The smallest absolute Gasteiger partial charge is 0.324 e. The lowest BCUT2D eigenvalue weighted by Gasteiger charge is -2.13. The van der Waals surface area contributed by atoms with Gasteiger partial charge >= 0.3 is 6.03 Å². The fraction of sp³-hybridized carbons (Fsp3) is 0.227. The Morgan fingerprint density at radius 3 is 2.88 bits per heavy atom. The summed E-state index contributed by atoms with van der Waals surface area (Å²) in [5.74, 6) is 1.66. The van der Waals surface area contributed by atoms with E-state index in [1.807, 2.05) is 47.0 Å². The summed E-state index contributed by atoms with van der Waals surface area (Å²) in [5, 5.41) is 13.3. The molecular weight excluding hydrogens is 408 g/mol. The minimum absolute atomic E-state index is 0.0430. The molecule has 1 aliphatic carbocycles. The van der Waals surface area contributed by atoms with Crippen LogP contribution in [0.15, 0.2) is 48.8 Å². The van der Waals surface area contributed by atoms with Gasteiger partial charge in [0.15, 0.2) is 5.82 Å². The van der Waals surface area contributed by atoms with Gasteiger partial charge in [0.05, 0.1) is 18.8 Å². The van der Waals surface area contributed by atoms with Crippen molar-refractivity contribution < 1.29 is 9.59 Å². The molecule has 1 saturated heterocycles. The number of carbonyl (C=O) groups is 2. The van der Waals surface area contributed by atoms with E-state index in [0.717, 1.165) is 28.2 Å². The summed E-state index contributed by atoms with van der Waals surface area (Å²) in [6.07, 6.45) is 5.96. The van der Waals surface area contributed by atoms with Crippen LogP contribution in [0.5, 0.6) is 0 Å². The molecule has 1 aromatic carbocycles. The lowest BCUT2D eigenvalue weighted by molar-refractivity contribution is -0.125. The number of H-pyrrole nitrogens is 1. The number of hydrogen-bond donors (Lipinski definition) is 3. The van der Waals surface area contributed by atoms with Crippen molar-refractivity contribution in [2.45, 2.75) is 25.3 Å². The Hall–Kier alpha value is -4.21. The number of imidazole rings is 1. The first-order valence-electron chi connectivity index (χ1n) is 10.5. The van der Waals surface area contributed by atoms with E-state index >= 15 is 0 Å². The van der Waals surface area contributed by atoms with Crippen molar-refractivity contribution in [3.8, 4) is 11.3 Å². The molecule has 1 saturated carbocycles. The van der Waals surface area contributed by atoms with Crippen LogP contribution >= 0.6 is 0 Å². The number of carbonyl (C=O) groups excluding carboxylic acids is 2. The number of benzene rings is 1. The molecule has 2 fully saturated rings. The number of aromatic amines is 1. The molecule has 0 spiro atoms. The Balaban J connectivity index is 1.32. The number of imide groups is 1. The maximum absolute atomic E-state index is 11.9. The van der Waals surface area contributed by atoms with Crippen molar-refractivity contribution in [3.63, 3.8) is 0 Å². The van der Waals surface area contributed by atoms with Crippen LogP contribution in [0.3, 0.4) is 0 Å². The van der Waals surface area contributed by atoms with Crippen LogP contribution in [-0.2, 0) is 11.3 Å². The number of hydrogen-bond acceptors (Lipinski definition) is 6. The van der Waals surface area contributed by atoms with Crippen LogP contribution in [0, 0.1) is 0 Å². The Morgan fingerprint density at radius 1 is 1.16 bits per heavy atom. The van der Waals surface area contributed by atoms with Crippen molar-refractivity contribution in [2.75, 3.05) is 11.9 Å². The Kier molecular flexibility index (Phi) is 4.17. The first-order chi connectivity index (χ1) is 15.6. The monoisotopic (exact) mass is 428 g/mol. The van der Waals surface area contributed by atoms with Crippen LogP contribution in [0.1, 0.15) is 30.0 Å². The van der Waals surface area contributed by atoms with E-state index in [1.165, 1.54) is 17.7 Å². The maximum Gasteiger partial charge on any atom is 0.324 e. The molecule has 0 radical (unpaired) electrons. The molecule has 160 valence electrons. The van der Waals surface area contributed by atoms with E-state index in [2.05, 4.69) is 25.8 Å². The third-order valence-electron chi connectivity index (χ3n) is 5.74. The molecule has 10 nitrogen and oxygen atoms in total. The molecule has 32 heavy (non-hydrogen) atoms. The molecule has 0 unspecified atom stereocenters. The Morgan fingerprint density at radius 2 is 2.06 bits per heavy atom. The van der Waals surface area contributed by atoms with E-state index in [9.17, 15) is 9.59 Å². The van der Waals surface area contributed by atoms with E-state index in [-0.39, 0.29) is 25.0 Å². The van der Waals surface area contributed by atoms with E-state index in [1.54, 1.807) is 6.20 Å². The molecule has 6 rings (SSSR count). The summed E-state index contributed by atoms with van der Waals surface area (Å²) in [5.41, 5.74) is 4.31. The van der Waals surface area contributed by atoms with Crippen molar-refractivity contribution in [2.24, 2.45) is 0 Å². The minimum Gasteiger partial charge on any atom is -0.329 e. The van der Waals surface area contributed by atoms with Crippen LogP contribution < -0.4 is 10.6 Å². The molecule has 4 aromatic rings. The second kappa shape index (κ2) is 7.19. The highest BCUT2D eigenvalue weighted by atomic mass is 16.2. The average molecular weight is 428 g/mol. The number of fused-ring (bicyclic) bond motifs is 1. The molecule has 0 atom stereocenters. The Labute approximate surface area is 182 Å². The Bertz CT molecular complexity index is 1340. The number of urea groups is 1. The quantitative estimate of drug-likeness (QED) is 0.406. The van der Waals surface area contributed by atoms with Crippen molar-refractivity contribution in [3.05, 3.63) is 60.0 Å². The van der Waals surface area contributed by atoms with Gasteiger partial charge < -0.3 is 10.6 Å². The van der Waals surface area contributed by atoms with E-state index < -0.39 is 0 Å². The lowest BCUT2D eigenvalue weighted by Crippen LogP contribution is -2.30. The number of anilines is 2. The van der Waals surface area contributed by atoms with Crippen LogP contribution in [0.2, 0.25) is 0 Å². The van der Waals surface area contributed by atoms with E-state index in [0.29, 0.717) is 17.7 Å². The summed E-state index contributed by atoms with van der Waals surface area (Å²) >= 11 is 0. The topological polar surface area (TPSA) is 120 Å². The largest absolute Gasteiger partial charge is 0.329 e. The molecule has 1 aliphatic heterocycles. The molecule has 3 aromatic heterocycles. The first kappa shape index (κ1) is 18.6. The molecule has 0 bridgehead atoms. The number of rotatable bonds is 6. The summed E-state index contributed by atoms with van der Waals surface area (Å²) in [6.45, 7) is 0.258. The summed E-state index contributed by atoms with van der Waals surface area (Å²) < 4.78 is 1.87. The molecule has 3 N–H and O–H groups in total. The third kappa shape index (κ3) is 3.35. The SMILES string of the molecule is O=C1CNC(=O)N1Cc1cccc(-c2cc3nccn3c(Nc3cc(C4CC4)[nH]n3)n2)c1. The van der Waals surface area contributed by atoms with Crippen molar-refractivity contribution >= 4 is 29.4 Å². The van der Waals surface area contributed by atoms with Gasteiger partial charge in [-0.1, -0.05) is 18.2 Å². The van der Waals surface area contributed by atoms with Gasteiger partial charge in [0.25, 0.3) is 0 Å². The summed E-state index contributed by atoms with van der Waals surface area (Å²) in [7, 11) is 0. The highest BCUT2D eigenvalue weighted by Crippen LogP contribution is 2.39. The minimum atomic E-state index is -0.367. The highest BCUT2D eigenvalue weighted by molar-refractivity contribution is 6.01. The normalized spacial score (nSPS) is 16.1. The number of nitrogens with zero attached hydrogens (tertiary/aromatic N) is 5. The predicted molar refractivity (Wildman–Crippen MR) is 116 cm³/mol. The number of nitrogens with one attached hydrogen (secondary N) is 3. The predicted octanol–water partition coefficient (Wildman–Crippen LogP) is 2.79. The number of amides is 3. The van der Waals surface area contributed by atoms with Gasteiger partial charge in [-0.2, -0.15) is 5.10 Å². The standard InChI is InChI=1S/C22H20N8O2/c31-20-11-24-22(32)30(20)12-13-2-1-3-15(8-13)16-10-19-23-6-7-29(19)21(25-16)26-18-9-17(27-28-18)14-4-5-14/h1-3,6-10,14H,4-5,11-12H2,(H,24,32)(H2,25,26,27,28). The van der Waals surface area contributed by atoms with Gasteiger partial charge in [-0.15, -0.1) is 0 Å². The van der Waals surface area contributed by atoms with E-state index in [4.69, 9.17) is 4.98 Å². The van der Waals surface area contributed by atoms with Gasteiger partial charge in [0.1, 0.15) is 5.65 Å². The second-order valence-corrected chi connectivity index (χ2v) is 8.07. The molecule has 3 amide bonds. The second-order valence-electron chi connectivity index (χ2n) is 8.07. The van der Waals surface area contributed by atoms with Gasteiger partial charge in [-0.3, -0.25) is 19.2 Å². The van der Waals surface area contributed by atoms with Gasteiger partial charge in [0.2, 0.25) is 11.9 Å². The fourth-order valence-electron chi connectivity index (χ4n) is 3.91. The number of aromatic nitrogens is 5. The van der Waals surface area contributed by atoms with Crippen LogP contribution in [-0.4, -0.2) is 47.9 Å². The van der Waals surface area contributed by atoms with Gasteiger partial charge in [0, 0.05) is 41.7 Å². The third-order valence-corrected chi connectivity index (χ3v) is 5.74. The van der Waals surface area contributed by atoms with Gasteiger partial charge in [-0.25, -0.2) is 14.8 Å². The lowest BCUT2D eigenvalue weighted by atomic mass is 10.1. The molecule has 4 heterocycles. The fourth-order valence-corrected chi connectivity index (χ4v) is 3.91. The van der Waals surface area contributed by atoms with Crippen LogP contribution in [0.25, 0.3) is 16.9 Å². The zero-order valence-corrected chi connectivity index (χ0v) is 17.1. The first-order valence-corrected chi connectivity index (χ1v) is 10.5.